The van der Waals surface area contributed by atoms with Crippen LogP contribution in [0.4, 0.5) is 5.69 Å². The normalized spacial score (nSPS) is 12.1. The van der Waals surface area contributed by atoms with E-state index in [9.17, 15) is 14.9 Å². The van der Waals surface area contributed by atoms with Gasteiger partial charge < -0.3 is 5.11 Å². The fourth-order valence-corrected chi connectivity index (χ4v) is 1.41. The smallest absolute Gasteiger partial charge is 0.342 e. The highest BCUT2D eigenvalue weighted by molar-refractivity contribution is 9.09. The van der Waals surface area contributed by atoms with E-state index < -0.39 is 10.9 Å². The average molecular weight is 274 g/mol. The van der Waals surface area contributed by atoms with Crippen molar-refractivity contribution in [1.82, 2.24) is 0 Å². The monoisotopic (exact) mass is 273 g/mol. The van der Waals surface area contributed by atoms with E-state index in [1.54, 1.807) is 13.0 Å². The minimum atomic E-state index is -1.30. The number of carboxylic acid groups (broad SMARTS) is 1. The third kappa shape index (κ3) is 2.53. The van der Waals surface area contributed by atoms with Gasteiger partial charge in [-0.3, -0.25) is 10.1 Å². The maximum absolute atomic E-state index is 10.7. The van der Waals surface area contributed by atoms with Crippen LogP contribution in [0.2, 0.25) is 0 Å². The number of aromatic carboxylic acids is 1. The van der Waals surface area contributed by atoms with E-state index in [1.165, 1.54) is 12.1 Å². The van der Waals surface area contributed by atoms with Crippen molar-refractivity contribution in [2.75, 3.05) is 0 Å². The first-order chi connectivity index (χ1) is 6.93. The first-order valence-electron chi connectivity index (χ1n) is 4.09. The van der Waals surface area contributed by atoms with Crippen molar-refractivity contribution >= 4 is 27.6 Å². The summed E-state index contributed by atoms with van der Waals surface area (Å²) in [6.07, 6.45) is 0. The first kappa shape index (κ1) is 11.6. The van der Waals surface area contributed by atoms with Gasteiger partial charge >= 0.3 is 5.97 Å². The predicted molar refractivity (Wildman–Crippen MR) is 57.4 cm³/mol. The molecule has 80 valence electrons. The summed E-state index contributed by atoms with van der Waals surface area (Å²) in [5.41, 5.74) is -0.00472. The van der Waals surface area contributed by atoms with Crippen molar-refractivity contribution < 1.29 is 14.8 Å². The van der Waals surface area contributed by atoms with Crippen LogP contribution >= 0.6 is 15.9 Å². The zero-order valence-electron chi connectivity index (χ0n) is 7.81. The topological polar surface area (TPSA) is 80.4 Å². The number of nitro groups is 1. The molecule has 0 saturated carbocycles. The largest absolute Gasteiger partial charge is 0.477 e. The summed E-state index contributed by atoms with van der Waals surface area (Å²) in [6.45, 7) is 1.81. The molecule has 0 aliphatic rings. The van der Waals surface area contributed by atoms with E-state index in [1.807, 2.05) is 0 Å². The summed E-state index contributed by atoms with van der Waals surface area (Å²) in [6, 6.07) is 4.06. The van der Waals surface area contributed by atoms with Gasteiger partial charge in [0.2, 0.25) is 0 Å². The summed E-state index contributed by atoms with van der Waals surface area (Å²) in [7, 11) is 0. The second-order valence-corrected chi connectivity index (χ2v) is 4.33. The minimum Gasteiger partial charge on any atom is -0.477 e. The van der Waals surface area contributed by atoms with Crippen LogP contribution in [-0.2, 0) is 0 Å². The van der Waals surface area contributed by atoms with E-state index >= 15 is 0 Å². The molecule has 0 radical (unpaired) electrons. The van der Waals surface area contributed by atoms with Crippen molar-refractivity contribution in [2.45, 2.75) is 11.8 Å². The van der Waals surface area contributed by atoms with Gasteiger partial charge in [-0.1, -0.05) is 22.0 Å². The van der Waals surface area contributed by atoms with Gasteiger partial charge in [0, 0.05) is 10.9 Å². The number of hydrogen-bond acceptors (Lipinski definition) is 3. The van der Waals surface area contributed by atoms with Gasteiger partial charge in [-0.05, 0) is 18.6 Å². The van der Waals surface area contributed by atoms with Crippen molar-refractivity contribution in [2.24, 2.45) is 0 Å². The Kier molecular flexibility index (Phi) is 3.41. The SMILES string of the molecule is CC(Br)c1ccc(C(=O)O)c([N+](=O)[O-])c1. The maximum atomic E-state index is 10.7. The average Bonchev–Trinajstić information content (AvgIpc) is 2.16. The number of benzene rings is 1. The van der Waals surface area contributed by atoms with Crippen molar-refractivity contribution in [3.05, 3.63) is 39.4 Å². The molecule has 1 aromatic carbocycles. The summed E-state index contributed by atoms with van der Waals surface area (Å²) in [4.78, 5) is 20.6. The number of alkyl halides is 1. The lowest BCUT2D eigenvalue weighted by atomic mass is 10.1. The molecule has 0 aliphatic carbocycles. The maximum Gasteiger partial charge on any atom is 0.342 e. The number of halogens is 1. The summed E-state index contributed by atoms with van der Waals surface area (Å²) < 4.78 is 0. The Morgan fingerprint density at radius 3 is 2.60 bits per heavy atom. The molecule has 0 saturated heterocycles. The lowest BCUT2D eigenvalue weighted by Gasteiger charge is -2.04. The quantitative estimate of drug-likeness (QED) is 0.522. The van der Waals surface area contributed by atoms with E-state index in [2.05, 4.69) is 15.9 Å². The molecular weight excluding hydrogens is 266 g/mol. The third-order valence-corrected chi connectivity index (χ3v) is 2.44. The van der Waals surface area contributed by atoms with Crippen molar-refractivity contribution in [1.29, 1.82) is 0 Å². The summed E-state index contributed by atoms with van der Waals surface area (Å²) in [5.74, 6) is -1.30. The van der Waals surface area contributed by atoms with Gasteiger partial charge in [0.1, 0.15) is 5.56 Å². The Bertz CT molecular complexity index is 417. The van der Waals surface area contributed by atoms with E-state index in [4.69, 9.17) is 5.11 Å². The zero-order chi connectivity index (χ0) is 11.6. The fourth-order valence-electron chi connectivity index (χ4n) is 1.13. The molecule has 1 rings (SSSR count). The Hall–Kier alpha value is -1.43. The second kappa shape index (κ2) is 4.39. The van der Waals surface area contributed by atoms with E-state index in [0.717, 1.165) is 0 Å². The highest BCUT2D eigenvalue weighted by Crippen LogP contribution is 2.27. The lowest BCUT2D eigenvalue weighted by molar-refractivity contribution is -0.385. The molecule has 15 heavy (non-hydrogen) atoms. The minimum absolute atomic E-state index is 0.0564. The standard InChI is InChI=1S/C9H8BrNO4/c1-5(10)6-2-3-7(9(12)13)8(4-6)11(14)15/h2-5H,1H3,(H,12,13). The van der Waals surface area contributed by atoms with Crippen LogP contribution in [0, 0.1) is 10.1 Å². The van der Waals surface area contributed by atoms with Gasteiger partial charge in [-0.2, -0.15) is 0 Å². The van der Waals surface area contributed by atoms with E-state index in [-0.39, 0.29) is 16.1 Å². The number of hydrogen-bond donors (Lipinski definition) is 1. The Balaban J connectivity index is 3.33. The van der Waals surface area contributed by atoms with Crippen LogP contribution in [-0.4, -0.2) is 16.0 Å². The molecule has 1 unspecified atom stereocenters. The number of carboxylic acids is 1. The molecule has 0 bridgehead atoms. The third-order valence-electron chi connectivity index (χ3n) is 1.91. The molecule has 0 aliphatic heterocycles. The molecule has 1 atom stereocenters. The molecule has 6 heteroatoms. The van der Waals surface area contributed by atoms with Crippen LogP contribution in [0.15, 0.2) is 18.2 Å². The first-order valence-corrected chi connectivity index (χ1v) is 5.00. The fraction of sp³-hybridized carbons (Fsp3) is 0.222. The molecule has 0 amide bonds. The van der Waals surface area contributed by atoms with Crippen molar-refractivity contribution in [3.63, 3.8) is 0 Å². The Morgan fingerprint density at radius 2 is 2.20 bits per heavy atom. The molecule has 0 fully saturated rings. The highest BCUT2D eigenvalue weighted by Gasteiger charge is 2.20. The predicted octanol–water partition coefficient (Wildman–Crippen LogP) is 2.75. The summed E-state index contributed by atoms with van der Waals surface area (Å²) in [5, 5.41) is 19.4. The van der Waals surface area contributed by atoms with Crippen molar-refractivity contribution in [3.8, 4) is 0 Å². The van der Waals surface area contributed by atoms with Crippen LogP contribution < -0.4 is 0 Å². The van der Waals surface area contributed by atoms with Gasteiger partial charge in [0.25, 0.3) is 5.69 Å². The lowest BCUT2D eigenvalue weighted by Crippen LogP contribution is -2.03. The van der Waals surface area contributed by atoms with Crippen LogP contribution in [0.3, 0.4) is 0 Å². The highest BCUT2D eigenvalue weighted by atomic mass is 79.9. The van der Waals surface area contributed by atoms with Crippen LogP contribution in [0.25, 0.3) is 0 Å². The molecule has 0 heterocycles. The zero-order valence-corrected chi connectivity index (χ0v) is 9.39. The number of rotatable bonds is 3. The number of carbonyl (C=O) groups is 1. The Morgan fingerprint density at radius 1 is 1.60 bits per heavy atom. The molecule has 1 N–H and O–H groups in total. The van der Waals surface area contributed by atoms with E-state index in [0.29, 0.717) is 5.56 Å². The van der Waals surface area contributed by atoms with Crippen LogP contribution in [0.5, 0.6) is 0 Å². The number of nitrogens with zero attached hydrogens (tertiary/aromatic N) is 1. The molecule has 5 nitrogen and oxygen atoms in total. The molecule has 0 spiro atoms. The molecule has 1 aromatic rings. The number of nitro benzene ring substituents is 1. The molecule has 0 aromatic heterocycles. The Labute approximate surface area is 94.0 Å². The summed E-state index contributed by atoms with van der Waals surface area (Å²) >= 11 is 3.26. The second-order valence-electron chi connectivity index (χ2n) is 2.95. The molecular formula is C9H8BrNO4. The van der Waals surface area contributed by atoms with Gasteiger partial charge in [-0.25, -0.2) is 4.79 Å². The van der Waals surface area contributed by atoms with Gasteiger partial charge in [0.05, 0.1) is 4.92 Å². The van der Waals surface area contributed by atoms with Gasteiger partial charge in [0.15, 0.2) is 0 Å². The van der Waals surface area contributed by atoms with Gasteiger partial charge in [-0.15, -0.1) is 0 Å². The van der Waals surface area contributed by atoms with Crippen LogP contribution in [0.1, 0.15) is 27.7 Å².